The van der Waals surface area contributed by atoms with Gasteiger partial charge in [0.1, 0.15) is 11.4 Å². The van der Waals surface area contributed by atoms with Crippen molar-refractivity contribution in [2.45, 2.75) is 24.7 Å². The van der Waals surface area contributed by atoms with Gasteiger partial charge in [-0.2, -0.15) is 18.3 Å². The quantitative estimate of drug-likeness (QED) is 0.577. The number of nitrogens with one attached hydrogen (secondary N) is 2. The van der Waals surface area contributed by atoms with Crippen LogP contribution in [0.1, 0.15) is 33.7 Å². The van der Waals surface area contributed by atoms with Crippen LogP contribution in [0, 0.1) is 0 Å². The van der Waals surface area contributed by atoms with Gasteiger partial charge in [-0.05, 0) is 23.6 Å². The SMILES string of the molecule is COc1ccc(NC(=O)c2cnn3c2N[C@H](c2cccs2)C[C@H]3C(F)(F)F)cc1OC. The highest BCUT2D eigenvalue weighted by molar-refractivity contribution is 7.10. The smallest absolute Gasteiger partial charge is 0.410 e. The molecule has 0 radical (unpaired) electrons. The number of hydrogen-bond acceptors (Lipinski definition) is 6. The first kappa shape index (κ1) is 21.0. The van der Waals surface area contributed by atoms with Crippen LogP contribution in [0.2, 0.25) is 0 Å². The van der Waals surface area contributed by atoms with Gasteiger partial charge in [0, 0.05) is 23.1 Å². The predicted molar refractivity (Wildman–Crippen MR) is 110 cm³/mol. The van der Waals surface area contributed by atoms with Gasteiger partial charge in [-0.25, -0.2) is 4.68 Å². The molecular formula is C20H19F3N4O3S. The zero-order valence-electron chi connectivity index (χ0n) is 16.6. The molecule has 2 N–H and O–H groups in total. The van der Waals surface area contributed by atoms with Crippen LogP contribution in [0.5, 0.6) is 11.5 Å². The fourth-order valence-electron chi connectivity index (χ4n) is 3.52. The molecule has 1 amide bonds. The number of benzene rings is 1. The van der Waals surface area contributed by atoms with Crippen molar-refractivity contribution in [3.05, 3.63) is 52.3 Å². The number of rotatable bonds is 5. The molecule has 11 heteroatoms. The molecule has 7 nitrogen and oxygen atoms in total. The molecule has 3 aromatic rings. The van der Waals surface area contributed by atoms with Gasteiger partial charge >= 0.3 is 6.18 Å². The van der Waals surface area contributed by atoms with Crippen molar-refractivity contribution in [3.63, 3.8) is 0 Å². The van der Waals surface area contributed by atoms with Crippen LogP contribution in [0.25, 0.3) is 0 Å². The number of carbonyl (C=O) groups excluding carboxylic acids is 1. The third kappa shape index (κ3) is 4.05. The first-order valence-corrected chi connectivity index (χ1v) is 10.2. The average Bonchev–Trinajstić information content (AvgIpc) is 3.42. The predicted octanol–water partition coefficient (Wildman–Crippen LogP) is 4.87. The number of fused-ring (bicyclic) bond motifs is 1. The van der Waals surface area contributed by atoms with E-state index >= 15 is 0 Å². The van der Waals surface area contributed by atoms with Crippen molar-refractivity contribution in [2.24, 2.45) is 0 Å². The Labute approximate surface area is 179 Å². The summed E-state index contributed by atoms with van der Waals surface area (Å²) in [6, 6.07) is 5.92. The zero-order valence-corrected chi connectivity index (χ0v) is 17.4. The van der Waals surface area contributed by atoms with Gasteiger partial charge in [-0.15, -0.1) is 11.3 Å². The van der Waals surface area contributed by atoms with Crippen LogP contribution >= 0.6 is 11.3 Å². The van der Waals surface area contributed by atoms with Crippen molar-refractivity contribution in [3.8, 4) is 11.5 Å². The number of halogens is 3. The number of nitrogens with zero attached hydrogens (tertiary/aromatic N) is 2. The minimum atomic E-state index is -4.50. The largest absolute Gasteiger partial charge is 0.493 e. The van der Waals surface area contributed by atoms with Crippen LogP contribution in [0.15, 0.2) is 41.9 Å². The van der Waals surface area contributed by atoms with E-state index in [4.69, 9.17) is 9.47 Å². The summed E-state index contributed by atoms with van der Waals surface area (Å²) in [7, 11) is 2.95. The topological polar surface area (TPSA) is 77.4 Å². The standard InChI is InChI=1S/C20H19F3N4O3S/c1-29-14-6-5-11(8-15(14)30-2)25-19(28)12-10-24-27-17(20(21,22)23)9-13(26-18(12)27)16-4-3-7-31-16/h3-8,10,13,17,26H,9H2,1-2H3,(H,25,28)/t13-,17-/m0/s1. The third-order valence-corrected chi connectivity index (χ3v) is 6.00. The molecule has 0 saturated carbocycles. The van der Waals surface area contributed by atoms with Crippen LogP contribution in [0.4, 0.5) is 24.7 Å². The summed E-state index contributed by atoms with van der Waals surface area (Å²) in [6.45, 7) is 0. The van der Waals surface area contributed by atoms with Crippen molar-refractivity contribution in [1.29, 1.82) is 0 Å². The van der Waals surface area contributed by atoms with Gasteiger partial charge in [-0.3, -0.25) is 4.79 Å². The van der Waals surface area contributed by atoms with Crippen LogP contribution in [0.3, 0.4) is 0 Å². The Balaban J connectivity index is 1.65. The average molecular weight is 452 g/mol. The number of alkyl halides is 3. The van der Waals surface area contributed by atoms with E-state index in [1.54, 1.807) is 35.7 Å². The van der Waals surface area contributed by atoms with E-state index in [9.17, 15) is 18.0 Å². The Morgan fingerprint density at radius 3 is 2.68 bits per heavy atom. The molecule has 3 heterocycles. The van der Waals surface area contributed by atoms with Crippen molar-refractivity contribution >= 4 is 28.7 Å². The lowest BCUT2D eigenvalue weighted by molar-refractivity contribution is -0.173. The summed E-state index contributed by atoms with van der Waals surface area (Å²) >= 11 is 1.36. The second-order valence-electron chi connectivity index (χ2n) is 6.88. The molecule has 0 spiro atoms. The molecule has 1 aromatic carbocycles. The fourth-order valence-corrected chi connectivity index (χ4v) is 4.31. The van der Waals surface area contributed by atoms with E-state index in [1.165, 1.54) is 25.6 Å². The highest BCUT2D eigenvalue weighted by atomic mass is 32.1. The summed E-state index contributed by atoms with van der Waals surface area (Å²) in [5.41, 5.74) is 0.422. The van der Waals surface area contributed by atoms with Crippen LogP contribution in [-0.2, 0) is 0 Å². The summed E-state index contributed by atoms with van der Waals surface area (Å²) in [5, 5.41) is 11.4. The molecule has 2 atom stereocenters. The molecule has 31 heavy (non-hydrogen) atoms. The molecule has 0 aliphatic carbocycles. The normalized spacial score (nSPS) is 18.1. The maximum absolute atomic E-state index is 13.7. The van der Waals surface area contributed by atoms with E-state index in [1.807, 2.05) is 0 Å². The maximum atomic E-state index is 13.7. The van der Waals surface area contributed by atoms with Gasteiger partial charge < -0.3 is 20.1 Å². The fraction of sp³-hybridized carbons (Fsp3) is 0.300. The Kier molecular flexibility index (Phi) is 5.52. The van der Waals surface area contributed by atoms with Gasteiger partial charge in [-0.1, -0.05) is 6.07 Å². The Hall–Kier alpha value is -3.21. The van der Waals surface area contributed by atoms with E-state index in [-0.39, 0.29) is 17.8 Å². The van der Waals surface area contributed by atoms with E-state index < -0.39 is 24.2 Å². The molecule has 0 bridgehead atoms. The molecular weight excluding hydrogens is 433 g/mol. The third-order valence-electron chi connectivity index (χ3n) is 5.01. The number of anilines is 2. The molecule has 1 aliphatic rings. The van der Waals surface area contributed by atoms with Gasteiger partial charge in [0.15, 0.2) is 17.5 Å². The van der Waals surface area contributed by atoms with Gasteiger partial charge in [0.25, 0.3) is 5.91 Å². The second kappa shape index (κ2) is 8.14. The molecule has 0 unspecified atom stereocenters. The molecule has 0 saturated heterocycles. The Morgan fingerprint density at radius 2 is 2.03 bits per heavy atom. The lowest BCUT2D eigenvalue weighted by Gasteiger charge is -2.33. The number of aromatic nitrogens is 2. The van der Waals surface area contributed by atoms with Gasteiger partial charge in [0.05, 0.1) is 26.5 Å². The number of carbonyl (C=O) groups is 1. The Morgan fingerprint density at radius 1 is 1.26 bits per heavy atom. The Bertz CT molecular complexity index is 1080. The molecule has 1 aliphatic heterocycles. The van der Waals surface area contributed by atoms with Crippen molar-refractivity contribution in [1.82, 2.24) is 9.78 Å². The molecule has 0 fully saturated rings. The number of ether oxygens (including phenoxy) is 2. The van der Waals surface area contributed by atoms with Crippen LogP contribution in [-0.4, -0.2) is 36.1 Å². The lowest BCUT2D eigenvalue weighted by atomic mass is 10.0. The summed E-state index contributed by atoms with van der Waals surface area (Å²) in [4.78, 5) is 13.7. The minimum absolute atomic E-state index is 0.0188. The molecule has 2 aromatic heterocycles. The van der Waals surface area contributed by atoms with E-state index in [0.717, 1.165) is 15.8 Å². The summed E-state index contributed by atoms with van der Waals surface area (Å²) in [6.07, 6.45) is -3.57. The van der Waals surface area contributed by atoms with Gasteiger partial charge in [0.2, 0.25) is 0 Å². The number of thiophene rings is 1. The maximum Gasteiger partial charge on any atom is 0.410 e. The summed E-state index contributed by atoms with van der Waals surface area (Å²) in [5.74, 6) is 0.334. The first-order chi connectivity index (χ1) is 14.8. The number of amides is 1. The first-order valence-electron chi connectivity index (χ1n) is 9.29. The van der Waals surface area contributed by atoms with E-state index in [0.29, 0.717) is 17.2 Å². The minimum Gasteiger partial charge on any atom is -0.493 e. The van der Waals surface area contributed by atoms with E-state index in [2.05, 4.69) is 15.7 Å². The number of hydrogen-bond donors (Lipinski definition) is 2. The molecule has 164 valence electrons. The number of methoxy groups -OCH3 is 2. The highest BCUT2D eigenvalue weighted by Gasteiger charge is 2.47. The molecule has 4 rings (SSSR count). The van der Waals surface area contributed by atoms with Crippen molar-refractivity contribution < 1.29 is 27.4 Å². The van der Waals surface area contributed by atoms with Crippen LogP contribution < -0.4 is 20.1 Å². The lowest BCUT2D eigenvalue weighted by Crippen LogP contribution is -2.36. The van der Waals surface area contributed by atoms with Crippen molar-refractivity contribution in [2.75, 3.05) is 24.9 Å². The second-order valence-corrected chi connectivity index (χ2v) is 7.86. The highest BCUT2D eigenvalue weighted by Crippen LogP contribution is 2.45. The monoisotopic (exact) mass is 452 g/mol. The zero-order chi connectivity index (χ0) is 22.2. The summed E-state index contributed by atoms with van der Waals surface area (Å²) < 4.78 is 52.4.